The summed E-state index contributed by atoms with van der Waals surface area (Å²) in [4.78, 5) is 13.6. The molecule has 0 aliphatic heterocycles. The molecule has 21 heteroatoms. The zero-order valence-corrected chi connectivity index (χ0v) is 58.2. The Balaban J connectivity index is 0.000000336. The Kier molecular flexibility index (Phi) is 35.7. The van der Waals surface area contributed by atoms with Crippen molar-refractivity contribution in [3.05, 3.63) is 203 Å². The van der Waals surface area contributed by atoms with Gasteiger partial charge in [0.1, 0.15) is 5.69 Å². The molecule has 67 heavy (non-hydrogen) atoms. The molecule has 0 aliphatic rings. The molecule has 345 valence electrons. The fourth-order valence-electron chi connectivity index (χ4n) is 5.45. The van der Waals surface area contributed by atoms with E-state index >= 15 is 0 Å². The minimum atomic E-state index is -0.278. The van der Waals surface area contributed by atoms with Gasteiger partial charge in [0.15, 0.2) is 0 Å². The summed E-state index contributed by atoms with van der Waals surface area (Å²) in [5.74, 6) is 2.60. The van der Waals surface area contributed by atoms with Crippen LogP contribution >= 0.6 is 160 Å². The number of rotatable bonds is 7. The molecule has 0 unspecified atom stereocenters. The first-order valence-corrected chi connectivity index (χ1v) is 48.8. The van der Waals surface area contributed by atoms with Crippen LogP contribution in [0.2, 0.25) is 0 Å². The van der Waals surface area contributed by atoms with Gasteiger partial charge in [0.25, 0.3) is 0 Å². The molecule has 0 bridgehead atoms. The van der Waals surface area contributed by atoms with E-state index in [1.165, 1.54) is 20.9 Å². The number of halogens is 7. The van der Waals surface area contributed by atoms with Crippen LogP contribution < -0.4 is 0 Å². The van der Waals surface area contributed by atoms with Crippen LogP contribution in [0.3, 0.4) is 0 Å². The smallest absolute Gasteiger partial charge is 0.113 e. The second-order valence-electron chi connectivity index (χ2n) is 12.1. The van der Waals surface area contributed by atoms with Crippen LogP contribution in [-0.2, 0) is 54.6 Å². The minimum Gasteiger partial charge on any atom is -0.305 e. The van der Waals surface area contributed by atoms with Gasteiger partial charge < -0.3 is 9.97 Å². The van der Waals surface area contributed by atoms with Crippen molar-refractivity contribution >= 4 is 165 Å². The summed E-state index contributed by atoms with van der Waals surface area (Å²) in [6.07, 6.45) is 10.7. The third-order valence-electron chi connectivity index (χ3n) is 8.21. The maximum atomic E-state index is 8.31. The molecular formula is C46H30I7Ir2N8S2V2-2. The Morgan fingerprint density at radius 3 is 1.63 bits per heavy atom. The molecule has 0 fully saturated rings. The van der Waals surface area contributed by atoms with Crippen LogP contribution in [0, 0.1) is 24.5 Å². The second-order valence-corrected chi connectivity index (χ2v) is 61.2. The molecule has 0 saturated heterocycles. The fraction of sp³-hybridized carbons (Fsp3) is 0. The number of terminal acetylenes is 1. The van der Waals surface area contributed by atoms with E-state index in [9.17, 15) is 0 Å². The maximum absolute atomic E-state index is 8.31. The van der Waals surface area contributed by atoms with Crippen molar-refractivity contribution in [2.45, 2.75) is 0 Å². The van der Waals surface area contributed by atoms with Crippen molar-refractivity contribution in [2.24, 2.45) is 5.11 Å². The number of nitrogens with zero attached hydrogens (tertiary/aromatic N) is 8. The van der Waals surface area contributed by atoms with E-state index in [0.717, 1.165) is 45.0 Å². The Bertz CT molecular complexity index is 2800. The number of aromatic nitrogens is 5. The Morgan fingerprint density at radius 1 is 0.672 bits per heavy atom. The van der Waals surface area contributed by atoms with Gasteiger partial charge in [-0.05, 0) is 86.6 Å². The quantitative estimate of drug-likeness (QED) is 0.0396. The van der Waals surface area contributed by atoms with Crippen molar-refractivity contribution in [1.82, 2.24) is 25.0 Å². The predicted molar refractivity (Wildman–Crippen MR) is 325 cm³/mol. The number of hydrogen-bond acceptors (Lipinski definition) is 7. The molecule has 9 rings (SSSR count). The molecule has 5 aromatic heterocycles. The third kappa shape index (κ3) is 23.3. The molecule has 8 nitrogen and oxygen atoms in total. The molecular weight excluding hydrogens is 2100 g/mol. The van der Waals surface area contributed by atoms with Gasteiger partial charge in [0, 0.05) is 116 Å². The van der Waals surface area contributed by atoms with E-state index in [1.807, 2.05) is 72.9 Å². The van der Waals surface area contributed by atoms with Gasteiger partial charge in [-0.3, -0.25) is 0 Å². The van der Waals surface area contributed by atoms with Gasteiger partial charge in [-0.1, -0.05) is 89.0 Å². The summed E-state index contributed by atoms with van der Waals surface area (Å²) < 4.78 is 1.78. The average Bonchev–Trinajstić information content (AvgIpc) is 4.19. The van der Waals surface area contributed by atoms with Crippen LogP contribution in [-0.4, -0.2) is 25.0 Å². The van der Waals surface area contributed by atoms with Gasteiger partial charge in [-0.25, -0.2) is 4.68 Å². The van der Waals surface area contributed by atoms with Crippen molar-refractivity contribution < 1.29 is 54.6 Å². The molecule has 5 heterocycles. The first kappa shape index (κ1) is 63.3. The Labute approximate surface area is 516 Å². The van der Waals surface area contributed by atoms with Gasteiger partial charge in [-0.2, -0.15) is 0 Å². The van der Waals surface area contributed by atoms with Crippen LogP contribution in [0.25, 0.3) is 70.8 Å². The molecule has 0 saturated carbocycles. The van der Waals surface area contributed by atoms with E-state index < -0.39 is 0 Å². The van der Waals surface area contributed by atoms with Crippen LogP contribution in [0.1, 0.15) is 5.56 Å². The van der Waals surface area contributed by atoms with E-state index in [0.29, 0.717) is 15.2 Å². The summed E-state index contributed by atoms with van der Waals surface area (Å²) in [5, 5.41) is 16.3. The monoisotopic (exact) mass is 2130 g/mol. The van der Waals surface area contributed by atoms with Crippen LogP contribution in [0.15, 0.2) is 180 Å². The topological polar surface area (TPSA) is 105 Å². The summed E-state index contributed by atoms with van der Waals surface area (Å²) >= 11 is 19.8. The molecule has 2 radical (unpaired) electrons. The van der Waals surface area contributed by atoms with Gasteiger partial charge >= 0.3 is 114 Å². The molecule has 4 aromatic carbocycles. The number of benzene rings is 4. The summed E-state index contributed by atoms with van der Waals surface area (Å²) in [6, 6.07) is 53.6. The van der Waals surface area contributed by atoms with Gasteiger partial charge in [0.2, 0.25) is 0 Å². The van der Waals surface area contributed by atoms with Crippen molar-refractivity contribution in [3.63, 3.8) is 0 Å². The zero-order valence-electron chi connectivity index (χ0n) is 33.9. The SMILES string of the molecule is C#Cc1ccc(-c2cccs2)cc1.II.[I][V]([I])[I].[I][V][I].[Ir].[Ir].[N-]=[N+]=Nc1cc[c-]c(-c2ccccn2)c1.[c-]1ccc(-n2cc(-c3ccc(-c4cccs4)cc3)nn2)cc1-c1ccccn1. The number of pyridine rings is 2. The fourth-order valence-corrected chi connectivity index (χ4v) is 6.92. The Morgan fingerprint density at radius 2 is 1.16 bits per heavy atom. The standard InChI is InChI=1S/C23H15N4S.C12H8S.C11H7N4.I2.5HI.2Ir.2V/c1-2-13-24-21(7-1)19-5-3-6-20(15-19)27-16-22(25-26-27)17-9-11-18(12-10-17)23-8-4-14-28-23;1-2-10-5-7-11(8-6-10)12-4-3-9-13-12;12-15-14-10-5-3-4-9(8-10)11-6-1-2-7-13-11;1-2;;;;;;;;;/h1-4,6-16H;1,3-9H;1-3,5-8H;;5*1H;;;;/q-1;;-1;;;;;;;;;+2;+3/p-5. The van der Waals surface area contributed by atoms with E-state index in [-0.39, 0.29) is 45.1 Å². The molecule has 9 aromatic rings. The van der Waals surface area contributed by atoms with E-state index in [1.54, 1.807) is 57.9 Å². The van der Waals surface area contributed by atoms with Crippen molar-refractivity contribution in [2.75, 3.05) is 0 Å². The number of hydrogen-bond donors (Lipinski definition) is 0. The van der Waals surface area contributed by atoms with Crippen LogP contribution in [0.4, 0.5) is 5.69 Å². The molecule has 0 amide bonds. The predicted octanol–water partition coefficient (Wildman–Crippen LogP) is 18.6. The van der Waals surface area contributed by atoms with Crippen molar-refractivity contribution in [3.8, 4) is 72.7 Å². The number of thiophene rings is 2. The third-order valence-corrected chi connectivity index (χ3v) is 10.1. The van der Waals surface area contributed by atoms with E-state index in [4.69, 9.17) is 12.0 Å². The largest absolute Gasteiger partial charge is 0.305 e. The van der Waals surface area contributed by atoms with Crippen molar-refractivity contribution in [1.29, 1.82) is 0 Å². The summed E-state index contributed by atoms with van der Waals surface area (Å²) in [7, 11) is 0.628. The normalized spacial score (nSPS) is 9.30. The Hall–Kier alpha value is 0.168. The number of azide groups is 1. The first-order chi connectivity index (χ1) is 31.8. The average molecular weight is 2130 g/mol. The summed E-state index contributed by atoms with van der Waals surface area (Å²) in [5.41, 5.74) is 18.5. The second kappa shape index (κ2) is 37.8. The molecule has 0 aliphatic carbocycles. The van der Waals surface area contributed by atoms with Crippen LogP contribution in [0.5, 0.6) is 0 Å². The minimum absolute atomic E-state index is 0. The molecule has 0 spiro atoms. The molecule has 0 atom stereocenters. The first-order valence-electron chi connectivity index (χ1n) is 18.2. The van der Waals surface area contributed by atoms with Gasteiger partial charge in [0.05, 0.1) is 6.20 Å². The summed E-state index contributed by atoms with van der Waals surface area (Å²) in [6.45, 7) is 0. The maximum Gasteiger partial charge on any atom is 0.113 e. The van der Waals surface area contributed by atoms with E-state index in [2.05, 4.69) is 257 Å². The molecule has 0 N–H and O–H groups in total. The zero-order chi connectivity index (χ0) is 46.7. The van der Waals surface area contributed by atoms with Gasteiger partial charge in [-0.15, -0.1) is 93.9 Å².